The van der Waals surface area contributed by atoms with Gasteiger partial charge in [-0.05, 0) is 49.9 Å². The van der Waals surface area contributed by atoms with Crippen LogP contribution in [0.1, 0.15) is 17.2 Å². The second kappa shape index (κ2) is 10.7. The van der Waals surface area contributed by atoms with Gasteiger partial charge >= 0.3 is 0 Å². The van der Waals surface area contributed by atoms with E-state index >= 15 is 0 Å². The number of hydrogen-bond donors (Lipinski definition) is 8. The standard InChI is InChI=1S/C40H28O8/c41-33-29-27(22-15-14-19-8-4-5-11-21(19)18-22)30-32(36(44)40(48)38(46)34(30)42)28(31(29)35(43)39(47)37(33)45)26-17-16-23(20-9-2-1-3-10-20)24-12-6-7-13-25(24)26/h1-18,33,37,41-48H. The van der Waals surface area contributed by atoms with Gasteiger partial charge in [0.25, 0.3) is 0 Å². The highest BCUT2D eigenvalue weighted by Crippen LogP contribution is 2.59. The average Bonchev–Trinajstić information content (AvgIpc) is 3.13. The van der Waals surface area contributed by atoms with Crippen molar-refractivity contribution in [3.63, 3.8) is 0 Å². The number of phenolic OH excluding ortho intramolecular Hbond substituents is 4. The molecule has 48 heavy (non-hydrogen) atoms. The Bertz CT molecular complexity index is 2500. The molecule has 7 aromatic carbocycles. The lowest BCUT2D eigenvalue weighted by Gasteiger charge is -2.32. The van der Waals surface area contributed by atoms with E-state index in [4.69, 9.17) is 0 Å². The summed E-state index contributed by atoms with van der Waals surface area (Å²) in [6.07, 6.45) is -3.77. The van der Waals surface area contributed by atoms with Crippen LogP contribution in [0.3, 0.4) is 0 Å². The Morgan fingerprint density at radius 2 is 0.979 bits per heavy atom. The van der Waals surface area contributed by atoms with Crippen LogP contribution in [0.15, 0.2) is 115 Å². The molecule has 0 aliphatic heterocycles. The van der Waals surface area contributed by atoms with Crippen molar-refractivity contribution in [2.45, 2.75) is 12.2 Å². The molecular formula is C40H28O8. The van der Waals surface area contributed by atoms with E-state index in [0.717, 1.165) is 27.3 Å². The first kappa shape index (κ1) is 29.2. The van der Waals surface area contributed by atoms with Gasteiger partial charge in [-0.15, -0.1) is 0 Å². The fourth-order valence-electron chi connectivity index (χ4n) is 7.12. The number of hydrogen-bond acceptors (Lipinski definition) is 8. The molecule has 0 saturated heterocycles. The van der Waals surface area contributed by atoms with Gasteiger partial charge in [0.2, 0.25) is 11.5 Å². The zero-order valence-electron chi connectivity index (χ0n) is 25.1. The molecular weight excluding hydrogens is 608 g/mol. The molecule has 0 bridgehead atoms. The molecule has 8 nitrogen and oxygen atoms in total. The van der Waals surface area contributed by atoms with Crippen LogP contribution in [-0.4, -0.2) is 47.0 Å². The molecule has 0 aromatic heterocycles. The Balaban J connectivity index is 1.62. The summed E-state index contributed by atoms with van der Waals surface area (Å²) < 4.78 is 0. The molecule has 8 heteroatoms. The van der Waals surface area contributed by atoms with Crippen molar-refractivity contribution >= 4 is 38.1 Å². The maximum absolute atomic E-state index is 11.7. The van der Waals surface area contributed by atoms with Gasteiger partial charge in [0.1, 0.15) is 12.2 Å². The van der Waals surface area contributed by atoms with E-state index in [2.05, 4.69) is 0 Å². The molecule has 1 aliphatic carbocycles. The summed E-state index contributed by atoms with van der Waals surface area (Å²) in [5, 5.41) is 93.0. The largest absolute Gasteiger partial charge is 0.506 e. The number of aliphatic hydroxyl groups is 4. The maximum Gasteiger partial charge on any atom is 0.204 e. The third kappa shape index (κ3) is 4.03. The van der Waals surface area contributed by atoms with Crippen molar-refractivity contribution < 1.29 is 40.9 Å². The summed E-state index contributed by atoms with van der Waals surface area (Å²) in [5.74, 6) is -5.24. The summed E-state index contributed by atoms with van der Waals surface area (Å²) >= 11 is 0. The molecule has 0 fully saturated rings. The SMILES string of the molecule is OC1=C(O)C(O)C(O)c2c1c(-c1ccc(-c3ccccc3)c3ccccc13)c1c(O)c(O)c(O)c(O)c1c2-c1ccc2ccccc2c1. The lowest BCUT2D eigenvalue weighted by molar-refractivity contribution is 0.0129. The van der Waals surface area contributed by atoms with Crippen LogP contribution in [0, 0.1) is 0 Å². The van der Waals surface area contributed by atoms with Gasteiger partial charge in [-0.2, -0.15) is 0 Å². The Morgan fingerprint density at radius 3 is 1.67 bits per heavy atom. The Hall–Kier alpha value is -6.22. The average molecular weight is 637 g/mol. The lowest BCUT2D eigenvalue weighted by Crippen LogP contribution is -2.28. The van der Waals surface area contributed by atoms with Crippen molar-refractivity contribution in [1.82, 2.24) is 0 Å². The zero-order valence-corrected chi connectivity index (χ0v) is 25.1. The lowest BCUT2D eigenvalue weighted by atomic mass is 9.75. The molecule has 0 amide bonds. The number of fused-ring (bicyclic) bond motifs is 4. The van der Waals surface area contributed by atoms with Crippen molar-refractivity contribution in [3.8, 4) is 56.4 Å². The highest BCUT2D eigenvalue weighted by atomic mass is 16.4. The van der Waals surface area contributed by atoms with E-state index in [1.807, 2.05) is 91.0 Å². The summed E-state index contributed by atoms with van der Waals surface area (Å²) in [7, 11) is 0. The second-order valence-corrected chi connectivity index (χ2v) is 11.9. The Labute approximate surface area is 273 Å². The van der Waals surface area contributed by atoms with E-state index in [-0.39, 0.29) is 33.0 Å². The molecule has 7 aromatic rings. The highest BCUT2D eigenvalue weighted by molar-refractivity contribution is 6.20. The van der Waals surface area contributed by atoms with Crippen LogP contribution in [0.25, 0.3) is 71.5 Å². The number of aromatic hydroxyl groups is 4. The molecule has 8 rings (SSSR count). The van der Waals surface area contributed by atoms with Crippen LogP contribution in [0.5, 0.6) is 23.0 Å². The smallest absolute Gasteiger partial charge is 0.204 e. The molecule has 0 radical (unpaired) electrons. The summed E-state index contributed by atoms with van der Waals surface area (Å²) in [6, 6.07) is 33.4. The zero-order chi connectivity index (χ0) is 33.4. The predicted molar refractivity (Wildman–Crippen MR) is 185 cm³/mol. The van der Waals surface area contributed by atoms with Crippen LogP contribution in [-0.2, 0) is 0 Å². The van der Waals surface area contributed by atoms with Gasteiger partial charge in [0.05, 0.1) is 0 Å². The first-order valence-electron chi connectivity index (χ1n) is 15.2. The number of rotatable bonds is 3. The summed E-state index contributed by atoms with van der Waals surface area (Å²) in [5.41, 5.74) is 2.52. The Morgan fingerprint density at radius 1 is 0.417 bits per heavy atom. The summed E-state index contributed by atoms with van der Waals surface area (Å²) in [4.78, 5) is 0. The fourth-order valence-corrected chi connectivity index (χ4v) is 7.12. The number of aliphatic hydroxyl groups excluding tert-OH is 4. The number of phenols is 4. The molecule has 2 unspecified atom stereocenters. The third-order valence-electron chi connectivity index (χ3n) is 9.36. The van der Waals surface area contributed by atoms with E-state index in [9.17, 15) is 40.9 Å². The second-order valence-electron chi connectivity index (χ2n) is 11.9. The van der Waals surface area contributed by atoms with E-state index in [1.165, 1.54) is 0 Å². The monoisotopic (exact) mass is 636 g/mol. The minimum Gasteiger partial charge on any atom is -0.506 e. The van der Waals surface area contributed by atoms with Gasteiger partial charge in [-0.25, -0.2) is 0 Å². The van der Waals surface area contributed by atoms with Crippen LogP contribution < -0.4 is 0 Å². The van der Waals surface area contributed by atoms with Crippen molar-refractivity contribution in [2.75, 3.05) is 0 Å². The first-order valence-corrected chi connectivity index (χ1v) is 15.2. The van der Waals surface area contributed by atoms with Crippen LogP contribution in [0.4, 0.5) is 0 Å². The van der Waals surface area contributed by atoms with Gasteiger partial charge < -0.3 is 40.9 Å². The van der Waals surface area contributed by atoms with Gasteiger partial charge in [-0.3, -0.25) is 0 Å². The molecule has 0 spiro atoms. The van der Waals surface area contributed by atoms with Gasteiger partial charge in [0, 0.05) is 33.0 Å². The van der Waals surface area contributed by atoms with Crippen molar-refractivity contribution in [1.29, 1.82) is 0 Å². The molecule has 8 N–H and O–H groups in total. The molecule has 0 saturated carbocycles. The van der Waals surface area contributed by atoms with E-state index in [1.54, 1.807) is 18.2 Å². The fraction of sp³-hybridized carbons (Fsp3) is 0.0500. The first-order chi connectivity index (χ1) is 23.2. The minimum absolute atomic E-state index is 0.0402. The van der Waals surface area contributed by atoms with E-state index in [0.29, 0.717) is 16.5 Å². The molecule has 0 heterocycles. The predicted octanol–water partition coefficient (Wildman–Crippen LogP) is 8.16. The van der Waals surface area contributed by atoms with Gasteiger partial charge in [0.15, 0.2) is 23.0 Å². The summed E-state index contributed by atoms with van der Waals surface area (Å²) in [6.45, 7) is 0. The third-order valence-corrected chi connectivity index (χ3v) is 9.36. The molecule has 236 valence electrons. The maximum atomic E-state index is 11.7. The Kier molecular flexibility index (Phi) is 6.49. The topological polar surface area (TPSA) is 162 Å². The quantitative estimate of drug-likeness (QED) is 0.0712. The van der Waals surface area contributed by atoms with Crippen LogP contribution >= 0.6 is 0 Å². The molecule has 1 aliphatic rings. The number of benzene rings is 7. The van der Waals surface area contributed by atoms with Gasteiger partial charge in [-0.1, -0.05) is 103 Å². The van der Waals surface area contributed by atoms with E-state index < -0.39 is 46.7 Å². The minimum atomic E-state index is -1.94. The highest BCUT2D eigenvalue weighted by Gasteiger charge is 2.41. The molecule has 2 atom stereocenters. The van der Waals surface area contributed by atoms with Crippen LogP contribution in [0.2, 0.25) is 0 Å². The normalized spacial score (nSPS) is 16.1. The van der Waals surface area contributed by atoms with Crippen molar-refractivity contribution in [2.24, 2.45) is 0 Å². The van der Waals surface area contributed by atoms with Crippen molar-refractivity contribution in [3.05, 3.63) is 126 Å².